The van der Waals surface area contributed by atoms with Crippen LogP contribution in [-0.4, -0.2) is 40.5 Å². The summed E-state index contributed by atoms with van der Waals surface area (Å²) in [4.78, 5) is 0. The van der Waals surface area contributed by atoms with Gasteiger partial charge in [0.05, 0.1) is 24.8 Å². The van der Waals surface area contributed by atoms with Crippen LogP contribution < -0.4 is 14.8 Å². The summed E-state index contributed by atoms with van der Waals surface area (Å²) in [5.74, 6) is 1.47. The number of benzene rings is 1. The van der Waals surface area contributed by atoms with Crippen molar-refractivity contribution in [2.45, 2.75) is 6.92 Å². The Morgan fingerprint density at radius 1 is 1.30 bits per heavy atom. The van der Waals surface area contributed by atoms with E-state index in [1.165, 1.54) is 0 Å². The molecule has 5 heteroatoms. The lowest BCUT2D eigenvalue weighted by Gasteiger charge is -2.12. The topological polar surface area (TPSA) is 39.7 Å². The molecule has 0 saturated carbocycles. The molecule has 0 atom stereocenters. The summed E-state index contributed by atoms with van der Waals surface area (Å²) in [5.41, 5.74) is 1.06. The van der Waals surface area contributed by atoms with Crippen LogP contribution in [0.2, 0.25) is 0 Å². The molecule has 20 heavy (non-hydrogen) atoms. The van der Waals surface area contributed by atoms with E-state index in [1.54, 1.807) is 14.2 Å². The third-order valence-corrected chi connectivity index (χ3v) is 3.18. The second kappa shape index (κ2) is 9.80. The smallest absolute Gasteiger partial charge is 0.174 e. The molecule has 1 aromatic rings. The van der Waals surface area contributed by atoms with E-state index in [9.17, 15) is 0 Å². The molecule has 0 amide bonds. The third-order valence-electron chi connectivity index (χ3n) is 2.59. The third kappa shape index (κ3) is 5.53. The van der Waals surface area contributed by atoms with Gasteiger partial charge in [-0.3, -0.25) is 0 Å². The van der Waals surface area contributed by atoms with Crippen LogP contribution in [0.25, 0.3) is 6.08 Å². The van der Waals surface area contributed by atoms with E-state index in [1.807, 2.05) is 25.1 Å². The van der Waals surface area contributed by atoms with Crippen molar-refractivity contribution in [1.82, 2.24) is 5.32 Å². The Morgan fingerprint density at radius 2 is 2.10 bits per heavy atom. The molecule has 0 aliphatic heterocycles. The van der Waals surface area contributed by atoms with Gasteiger partial charge in [0.1, 0.15) is 0 Å². The predicted molar refractivity (Wildman–Crippen MR) is 85.6 cm³/mol. The van der Waals surface area contributed by atoms with Gasteiger partial charge in [-0.15, -0.1) is 0 Å². The number of nitrogens with one attached hydrogen (secondary N) is 1. The van der Waals surface area contributed by atoms with Crippen LogP contribution in [0.5, 0.6) is 11.5 Å². The first-order valence-corrected chi connectivity index (χ1v) is 7.38. The minimum atomic E-state index is 0.606. The standard InChI is InChI=1S/C15H22BrNO3/c1-4-20-14-11-12(10-13(16)15(14)19-3)6-5-7-17-8-9-18-2/h5-6,10-11,17H,4,7-9H2,1-3H3. The molecule has 4 nitrogen and oxygen atoms in total. The highest BCUT2D eigenvalue weighted by molar-refractivity contribution is 9.10. The van der Waals surface area contributed by atoms with Crippen molar-refractivity contribution >= 4 is 22.0 Å². The monoisotopic (exact) mass is 343 g/mol. The molecule has 112 valence electrons. The zero-order valence-electron chi connectivity index (χ0n) is 12.2. The number of methoxy groups -OCH3 is 2. The van der Waals surface area contributed by atoms with Gasteiger partial charge in [0.25, 0.3) is 0 Å². The first-order chi connectivity index (χ1) is 9.72. The summed E-state index contributed by atoms with van der Waals surface area (Å²) >= 11 is 3.50. The quantitative estimate of drug-likeness (QED) is 0.699. The Morgan fingerprint density at radius 3 is 2.75 bits per heavy atom. The van der Waals surface area contributed by atoms with Crippen LogP contribution in [0.15, 0.2) is 22.7 Å². The normalized spacial score (nSPS) is 11.0. The Bertz CT molecular complexity index is 435. The lowest BCUT2D eigenvalue weighted by atomic mass is 10.2. The van der Waals surface area contributed by atoms with Crippen LogP contribution in [0.3, 0.4) is 0 Å². The van der Waals surface area contributed by atoms with Crippen LogP contribution in [0.4, 0.5) is 0 Å². The highest BCUT2D eigenvalue weighted by Crippen LogP contribution is 2.36. The Balaban J connectivity index is 2.68. The number of halogens is 1. The highest BCUT2D eigenvalue weighted by Gasteiger charge is 2.09. The van der Waals surface area contributed by atoms with E-state index in [0.717, 1.165) is 41.2 Å². The molecule has 1 N–H and O–H groups in total. The largest absolute Gasteiger partial charge is 0.492 e. The summed E-state index contributed by atoms with van der Waals surface area (Å²) in [6.45, 7) is 4.93. The first kappa shape index (κ1) is 17.0. The Labute approximate surface area is 129 Å². The van der Waals surface area contributed by atoms with E-state index >= 15 is 0 Å². The second-order valence-corrected chi connectivity index (χ2v) is 4.92. The van der Waals surface area contributed by atoms with Gasteiger partial charge in [0.15, 0.2) is 11.5 Å². The van der Waals surface area contributed by atoms with Crippen LogP contribution in [0.1, 0.15) is 12.5 Å². The van der Waals surface area contributed by atoms with Crippen LogP contribution in [0, 0.1) is 0 Å². The second-order valence-electron chi connectivity index (χ2n) is 4.07. The molecular formula is C15H22BrNO3. The van der Waals surface area contributed by atoms with Crippen molar-refractivity contribution in [3.8, 4) is 11.5 Å². The van der Waals surface area contributed by atoms with Gasteiger partial charge in [-0.1, -0.05) is 12.2 Å². The maximum absolute atomic E-state index is 5.59. The molecule has 0 fully saturated rings. The zero-order valence-corrected chi connectivity index (χ0v) is 13.8. The van der Waals surface area contributed by atoms with E-state index in [0.29, 0.717) is 6.61 Å². The van der Waals surface area contributed by atoms with Crippen molar-refractivity contribution in [2.75, 3.05) is 40.5 Å². The number of hydrogen-bond donors (Lipinski definition) is 1. The first-order valence-electron chi connectivity index (χ1n) is 6.59. The molecule has 0 aliphatic carbocycles. The molecule has 0 heterocycles. The molecule has 0 radical (unpaired) electrons. The molecule has 0 bridgehead atoms. The fraction of sp³-hybridized carbons (Fsp3) is 0.467. The number of rotatable bonds is 9. The molecule has 0 aromatic heterocycles. The molecule has 0 saturated heterocycles. The average molecular weight is 344 g/mol. The SMILES string of the molecule is CCOc1cc(C=CCNCCOC)cc(Br)c1OC. The van der Waals surface area contributed by atoms with E-state index in [2.05, 4.69) is 27.3 Å². The molecule has 0 spiro atoms. The van der Waals surface area contributed by atoms with Crippen LogP contribution in [-0.2, 0) is 4.74 Å². The van der Waals surface area contributed by atoms with Gasteiger partial charge in [-0.2, -0.15) is 0 Å². The number of hydrogen-bond acceptors (Lipinski definition) is 4. The maximum atomic E-state index is 5.59. The summed E-state index contributed by atoms with van der Waals surface area (Å²) in [5, 5.41) is 3.25. The van der Waals surface area contributed by atoms with Gasteiger partial charge in [0.2, 0.25) is 0 Å². The van der Waals surface area contributed by atoms with E-state index in [-0.39, 0.29) is 0 Å². The van der Waals surface area contributed by atoms with Crippen molar-refractivity contribution in [2.24, 2.45) is 0 Å². The maximum Gasteiger partial charge on any atom is 0.174 e. The molecular weight excluding hydrogens is 322 g/mol. The van der Waals surface area contributed by atoms with E-state index < -0.39 is 0 Å². The zero-order chi connectivity index (χ0) is 14.8. The minimum Gasteiger partial charge on any atom is -0.492 e. The number of ether oxygens (including phenoxy) is 3. The predicted octanol–water partition coefficient (Wildman–Crippen LogP) is 3.11. The Hall–Kier alpha value is -1.04. The molecule has 1 aromatic carbocycles. The molecule has 0 aliphatic rings. The Kier molecular flexibility index (Phi) is 8.34. The van der Waals surface area contributed by atoms with Gasteiger partial charge in [-0.05, 0) is 40.5 Å². The summed E-state index contributed by atoms with van der Waals surface area (Å²) in [7, 11) is 3.33. The fourth-order valence-electron chi connectivity index (χ4n) is 1.70. The van der Waals surface area contributed by atoms with Gasteiger partial charge in [-0.25, -0.2) is 0 Å². The van der Waals surface area contributed by atoms with Gasteiger partial charge in [0, 0.05) is 20.2 Å². The van der Waals surface area contributed by atoms with Crippen molar-refractivity contribution in [3.63, 3.8) is 0 Å². The summed E-state index contributed by atoms with van der Waals surface area (Å²) in [6, 6.07) is 3.98. The van der Waals surface area contributed by atoms with Crippen molar-refractivity contribution < 1.29 is 14.2 Å². The highest BCUT2D eigenvalue weighted by atomic mass is 79.9. The van der Waals surface area contributed by atoms with Crippen LogP contribution >= 0.6 is 15.9 Å². The van der Waals surface area contributed by atoms with Crippen molar-refractivity contribution in [1.29, 1.82) is 0 Å². The molecule has 0 unspecified atom stereocenters. The van der Waals surface area contributed by atoms with Gasteiger partial charge >= 0.3 is 0 Å². The average Bonchev–Trinajstić information content (AvgIpc) is 2.43. The lowest BCUT2D eigenvalue weighted by molar-refractivity contribution is 0.200. The molecule has 1 rings (SSSR count). The van der Waals surface area contributed by atoms with Gasteiger partial charge < -0.3 is 19.5 Å². The lowest BCUT2D eigenvalue weighted by Crippen LogP contribution is -2.18. The summed E-state index contributed by atoms with van der Waals surface area (Å²) in [6.07, 6.45) is 4.12. The summed E-state index contributed by atoms with van der Waals surface area (Å²) < 4.78 is 16.8. The minimum absolute atomic E-state index is 0.606. The van der Waals surface area contributed by atoms with Crippen molar-refractivity contribution in [3.05, 3.63) is 28.2 Å². The fourth-order valence-corrected chi connectivity index (χ4v) is 2.32. The van der Waals surface area contributed by atoms with E-state index in [4.69, 9.17) is 14.2 Å².